The molecule has 0 aromatic carbocycles. The SMILES string of the molecule is CCCCCCCc1nc2n(c1N)C(C)CCC2. The summed E-state index contributed by atoms with van der Waals surface area (Å²) in [6.07, 6.45) is 11.2. The Morgan fingerprint density at radius 2 is 2.06 bits per heavy atom. The molecule has 2 N–H and O–H groups in total. The van der Waals surface area contributed by atoms with Gasteiger partial charge in [0.25, 0.3) is 0 Å². The number of rotatable bonds is 6. The van der Waals surface area contributed by atoms with E-state index >= 15 is 0 Å². The number of hydrogen-bond donors (Lipinski definition) is 1. The van der Waals surface area contributed by atoms with Crippen LogP contribution in [0.4, 0.5) is 5.82 Å². The van der Waals surface area contributed by atoms with Gasteiger partial charge in [-0.05, 0) is 32.6 Å². The van der Waals surface area contributed by atoms with Crippen molar-refractivity contribution in [3.63, 3.8) is 0 Å². The van der Waals surface area contributed by atoms with Crippen LogP contribution in [0, 0.1) is 0 Å². The molecular formula is C15H27N3. The molecule has 0 saturated carbocycles. The molecule has 1 aromatic rings. The fraction of sp³-hybridized carbons (Fsp3) is 0.800. The third kappa shape index (κ3) is 2.88. The molecule has 1 aliphatic rings. The lowest BCUT2D eigenvalue weighted by atomic mass is 10.1. The number of anilines is 1. The highest BCUT2D eigenvalue weighted by atomic mass is 15.2. The van der Waals surface area contributed by atoms with Crippen LogP contribution in [-0.4, -0.2) is 9.55 Å². The van der Waals surface area contributed by atoms with Crippen LogP contribution >= 0.6 is 0 Å². The molecule has 1 unspecified atom stereocenters. The smallest absolute Gasteiger partial charge is 0.127 e. The van der Waals surface area contributed by atoms with Gasteiger partial charge in [0.05, 0.1) is 5.69 Å². The van der Waals surface area contributed by atoms with Crippen LogP contribution in [-0.2, 0) is 12.8 Å². The molecule has 0 aliphatic carbocycles. The number of unbranched alkanes of at least 4 members (excludes halogenated alkanes) is 4. The van der Waals surface area contributed by atoms with Crippen molar-refractivity contribution in [1.29, 1.82) is 0 Å². The first-order valence-electron chi connectivity index (χ1n) is 7.59. The Bertz CT molecular complexity index is 381. The Morgan fingerprint density at radius 3 is 2.78 bits per heavy atom. The average molecular weight is 249 g/mol. The van der Waals surface area contributed by atoms with E-state index in [1.54, 1.807) is 0 Å². The Balaban J connectivity index is 1.93. The zero-order valence-corrected chi connectivity index (χ0v) is 11.9. The van der Waals surface area contributed by atoms with E-state index in [0.29, 0.717) is 6.04 Å². The number of nitrogen functional groups attached to an aromatic ring is 1. The molecule has 0 bridgehead atoms. The number of aromatic nitrogens is 2. The molecule has 2 heterocycles. The van der Waals surface area contributed by atoms with E-state index in [-0.39, 0.29) is 0 Å². The summed E-state index contributed by atoms with van der Waals surface area (Å²) < 4.78 is 2.27. The van der Waals surface area contributed by atoms with Gasteiger partial charge >= 0.3 is 0 Å². The number of imidazole rings is 1. The molecule has 0 amide bonds. The van der Waals surface area contributed by atoms with Crippen molar-refractivity contribution >= 4 is 5.82 Å². The van der Waals surface area contributed by atoms with Crippen LogP contribution in [0.2, 0.25) is 0 Å². The van der Waals surface area contributed by atoms with Gasteiger partial charge in [0, 0.05) is 12.5 Å². The molecule has 3 nitrogen and oxygen atoms in total. The van der Waals surface area contributed by atoms with E-state index in [1.165, 1.54) is 50.8 Å². The summed E-state index contributed by atoms with van der Waals surface area (Å²) in [7, 11) is 0. The van der Waals surface area contributed by atoms with Crippen LogP contribution in [0.15, 0.2) is 0 Å². The molecule has 102 valence electrons. The minimum atomic E-state index is 0.537. The summed E-state index contributed by atoms with van der Waals surface area (Å²) in [4.78, 5) is 4.76. The van der Waals surface area contributed by atoms with Crippen LogP contribution in [0.5, 0.6) is 0 Å². The first-order valence-corrected chi connectivity index (χ1v) is 7.59. The van der Waals surface area contributed by atoms with Crippen molar-refractivity contribution in [1.82, 2.24) is 9.55 Å². The maximum atomic E-state index is 6.26. The molecule has 2 rings (SSSR count). The summed E-state index contributed by atoms with van der Waals surface area (Å²) in [5.74, 6) is 2.16. The van der Waals surface area contributed by atoms with Gasteiger partial charge in [0.1, 0.15) is 11.6 Å². The highest BCUT2D eigenvalue weighted by Crippen LogP contribution is 2.29. The van der Waals surface area contributed by atoms with E-state index in [2.05, 4.69) is 18.4 Å². The lowest BCUT2D eigenvalue weighted by molar-refractivity contribution is 0.430. The van der Waals surface area contributed by atoms with Crippen LogP contribution in [0.3, 0.4) is 0 Å². The maximum Gasteiger partial charge on any atom is 0.127 e. The summed E-state index contributed by atoms with van der Waals surface area (Å²) in [6, 6.07) is 0.537. The molecule has 1 aromatic heterocycles. The lowest BCUT2D eigenvalue weighted by Gasteiger charge is -2.22. The molecule has 3 heteroatoms. The fourth-order valence-corrected chi connectivity index (χ4v) is 2.98. The zero-order valence-electron chi connectivity index (χ0n) is 11.9. The van der Waals surface area contributed by atoms with E-state index in [9.17, 15) is 0 Å². The predicted molar refractivity (Wildman–Crippen MR) is 76.8 cm³/mol. The Kier molecular flexibility index (Phi) is 4.67. The third-order valence-corrected chi connectivity index (χ3v) is 4.08. The van der Waals surface area contributed by atoms with Gasteiger partial charge in [0.2, 0.25) is 0 Å². The zero-order chi connectivity index (χ0) is 13.0. The van der Waals surface area contributed by atoms with Crippen LogP contribution in [0.25, 0.3) is 0 Å². The Labute approximate surface area is 111 Å². The van der Waals surface area contributed by atoms with E-state index in [0.717, 1.165) is 24.4 Å². The molecule has 1 aliphatic heterocycles. The second-order valence-corrected chi connectivity index (χ2v) is 5.64. The molecule has 0 fully saturated rings. The number of fused-ring (bicyclic) bond motifs is 1. The number of aryl methyl sites for hydroxylation is 2. The van der Waals surface area contributed by atoms with Crippen LogP contribution < -0.4 is 5.73 Å². The van der Waals surface area contributed by atoms with Gasteiger partial charge in [0.15, 0.2) is 0 Å². The standard InChI is InChI=1S/C15H27N3/c1-3-4-5-6-7-10-13-15(16)18-12(2)9-8-11-14(18)17-13/h12H,3-11,16H2,1-2H3. The average Bonchev–Trinajstić information content (AvgIpc) is 2.68. The van der Waals surface area contributed by atoms with Crippen molar-refractivity contribution in [3.05, 3.63) is 11.5 Å². The van der Waals surface area contributed by atoms with E-state index in [1.807, 2.05) is 0 Å². The van der Waals surface area contributed by atoms with Gasteiger partial charge in [-0.1, -0.05) is 32.6 Å². The molecule has 1 atom stereocenters. The quantitative estimate of drug-likeness (QED) is 0.778. The van der Waals surface area contributed by atoms with E-state index in [4.69, 9.17) is 10.7 Å². The summed E-state index contributed by atoms with van der Waals surface area (Å²) in [6.45, 7) is 4.51. The highest BCUT2D eigenvalue weighted by molar-refractivity contribution is 5.39. The molecule has 0 saturated heterocycles. The topological polar surface area (TPSA) is 43.8 Å². The largest absolute Gasteiger partial charge is 0.384 e. The lowest BCUT2D eigenvalue weighted by Crippen LogP contribution is -2.17. The molecular weight excluding hydrogens is 222 g/mol. The van der Waals surface area contributed by atoms with Gasteiger partial charge in [-0.2, -0.15) is 0 Å². The number of nitrogens with zero attached hydrogens (tertiary/aromatic N) is 2. The second-order valence-electron chi connectivity index (χ2n) is 5.64. The molecule has 18 heavy (non-hydrogen) atoms. The van der Waals surface area contributed by atoms with Gasteiger partial charge in [-0.25, -0.2) is 4.98 Å². The number of nitrogens with two attached hydrogens (primary N) is 1. The third-order valence-electron chi connectivity index (χ3n) is 4.08. The van der Waals surface area contributed by atoms with Gasteiger partial charge in [-0.15, -0.1) is 0 Å². The maximum absolute atomic E-state index is 6.26. The molecule has 0 spiro atoms. The minimum Gasteiger partial charge on any atom is -0.384 e. The Hall–Kier alpha value is -0.990. The monoisotopic (exact) mass is 249 g/mol. The van der Waals surface area contributed by atoms with Crippen LogP contribution in [0.1, 0.15) is 76.4 Å². The van der Waals surface area contributed by atoms with Crippen molar-refractivity contribution in [2.24, 2.45) is 0 Å². The minimum absolute atomic E-state index is 0.537. The summed E-state index contributed by atoms with van der Waals surface area (Å²) in [5, 5.41) is 0. The second kappa shape index (κ2) is 6.26. The van der Waals surface area contributed by atoms with Gasteiger partial charge < -0.3 is 10.3 Å². The van der Waals surface area contributed by atoms with Crippen molar-refractivity contribution in [2.75, 3.05) is 5.73 Å². The van der Waals surface area contributed by atoms with Crippen molar-refractivity contribution < 1.29 is 0 Å². The number of hydrogen-bond acceptors (Lipinski definition) is 2. The first-order chi connectivity index (χ1) is 8.74. The van der Waals surface area contributed by atoms with Crippen molar-refractivity contribution in [2.45, 2.75) is 77.7 Å². The predicted octanol–water partition coefficient (Wildman–Crippen LogP) is 3.88. The van der Waals surface area contributed by atoms with Crippen molar-refractivity contribution in [3.8, 4) is 0 Å². The Morgan fingerprint density at radius 1 is 1.28 bits per heavy atom. The first kappa shape index (κ1) is 13.4. The van der Waals surface area contributed by atoms with Gasteiger partial charge in [-0.3, -0.25) is 0 Å². The normalized spacial score (nSPS) is 18.9. The molecule has 0 radical (unpaired) electrons. The van der Waals surface area contributed by atoms with E-state index < -0.39 is 0 Å². The summed E-state index contributed by atoms with van der Waals surface area (Å²) >= 11 is 0. The summed E-state index contributed by atoms with van der Waals surface area (Å²) in [5.41, 5.74) is 7.40. The fourth-order valence-electron chi connectivity index (χ4n) is 2.98. The highest BCUT2D eigenvalue weighted by Gasteiger charge is 2.21.